The Morgan fingerprint density at radius 2 is 2.10 bits per heavy atom. The van der Waals surface area contributed by atoms with Gasteiger partial charge in [-0.2, -0.15) is 4.98 Å². The first kappa shape index (κ1) is 14.9. The molecule has 0 atom stereocenters. The van der Waals surface area contributed by atoms with Crippen LogP contribution in [0.1, 0.15) is 52.4 Å². The lowest BCUT2D eigenvalue weighted by Crippen LogP contribution is -2.12. The number of nitrogens with zero attached hydrogens (tertiary/aromatic N) is 2. The molecule has 2 rings (SSSR count). The highest BCUT2D eigenvalue weighted by atomic mass is 16.5. The van der Waals surface area contributed by atoms with Gasteiger partial charge in [-0.3, -0.25) is 0 Å². The molecule has 112 valence electrons. The van der Waals surface area contributed by atoms with Gasteiger partial charge in [0.25, 0.3) is 0 Å². The maximum atomic E-state index is 6.02. The molecule has 0 amide bonds. The number of ether oxygens (including phenoxy) is 1. The second kappa shape index (κ2) is 7.31. The molecule has 1 heterocycles. The van der Waals surface area contributed by atoms with Gasteiger partial charge in [0, 0.05) is 6.54 Å². The lowest BCUT2D eigenvalue weighted by molar-refractivity contribution is 0.234. The van der Waals surface area contributed by atoms with Crippen LogP contribution in [0.25, 0.3) is 0 Å². The van der Waals surface area contributed by atoms with E-state index in [1.165, 1.54) is 38.4 Å². The molecule has 0 saturated heterocycles. The molecule has 5 nitrogen and oxygen atoms in total. The van der Waals surface area contributed by atoms with Crippen molar-refractivity contribution < 1.29 is 4.74 Å². The van der Waals surface area contributed by atoms with Crippen LogP contribution in [0.15, 0.2) is 6.33 Å². The zero-order valence-electron chi connectivity index (χ0n) is 12.6. The van der Waals surface area contributed by atoms with Crippen molar-refractivity contribution in [2.24, 2.45) is 5.92 Å². The van der Waals surface area contributed by atoms with Gasteiger partial charge in [-0.1, -0.05) is 25.7 Å². The molecule has 0 bridgehead atoms. The minimum absolute atomic E-state index is 0.0578. The molecule has 20 heavy (non-hydrogen) atoms. The summed E-state index contributed by atoms with van der Waals surface area (Å²) in [6.45, 7) is 4.81. The summed E-state index contributed by atoms with van der Waals surface area (Å²) >= 11 is 0. The molecule has 1 aliphatic rings. The van der Waals surface area contributed by atoms with Gasteiger partial charge in [0.2, 0.25) is 5.88 Å². The van der Waals surface area contributed by atoms with Crippen molar-refractivity contribution in [2.75, 3.05) is 17.6 Å². The van der Waals surface area contributed by atoms with Crippen LogP contribution in [0.4, 0.5) is 11.5 Å². The molecule has 0 unspecified atom stereocenters. The topological polar surface area (TPSA) is 73.1 Å². The second-order valence-electron chi connectivity index (χ2n) is 5.83. The normalized spacial score (nSPS) is 15.8. The number of rotatable bonds is 7. The Bertz CT molecular complexity index is 416. The van der Waals surface area contributed by atoms with Crippen LogP contribution in [-0.2, 0) is 0 Å². The van der Waals surface area contributed by atoms with Gasteiger partial charge in [0.15, 0.2) is 5.82 Å². The van der Waals surface area contributed by atoms with Gasteiger partial charge in [-0.15, -0.1) is 0 Å². The summed E-state index contributed by atoms with van der Waals surface area (Å²) in [5.41, 5.74) is 6.53. The molecule has 3 N–H and O–H groups in total. The highest BCUT2D eigenvalue weighted by Gasteiger charge is 2.14. The van der Waals surface area contributed by atoms with Crippen molar-refractivity contribution in [1.82, 2.24) is 9.97 Å². The van der Waals surface area contributed by atoms with E-state index in [-0.39, 0.29) is 6.10 Å². The number of nitrogen functional groups attached to an aromatic ring is 1. The highest BCUT2D eigenvalue weighted by molar-refractivity contribution is 5.66. The average Bonchev–Trinajstić information content (AvgIpc) is 2.91. The zero-order valence-corrected chi connectivity index (χ0v) is 12.6. The SMILES string of the molecule is CC(C)Oc1ncnc(NCCCC2CCCC2)c1N. The summed E-state index contributed by atoms with van der Waals surface area (Å²) < 4.78 is 5.56. The van der Waals surface area contributed by atoms with Crippen LogP contribution in [0.2, 0.25) is 0 Å². The Kier molecular flexibility index (Phi) is 5.44. The van der Waals surface area contributed by atoms with Gasteiger partial charge < -0.3 is 15.8 Å². The van der Waals surface area contributed by atoms with Crippen LogP contribution < -0.4 is 15.8 Å². The van der Waals surface area contributed by atoms with Crippen molar-refractivity contribution >= 4 is 11.5 Å². The first-order valence-corrected chi connectivity index (χ1v) is 7.68. The van der Waals surface area contributed by atoms with Crippen LogP contribution in [-0.4, -0.2) is 22.6 Å². The van der Waals surface area contributed by atoms with E-state index in [4.69, 9.17) is 10.5 Å². The summed E-state index contributed by atoms with van der Waals surface area (Å²) in [7, 11) is 0. The highest BCUT2D eigenvalue weighted by Crippen LogP contribution is 2.29. The molecular formula is C15H26N4O. The van der Waals surface area contributed by atoms with Gasteiger partial charge >= 0.3 is 0 Å². The predicted octanol–water partition coefficient (Wildman–Crippen LogP) is 3.23. The molecule has 0 aromatic carbocycles. The third kappa shape index (κ3) is 4.25. The second-order valence-corrected chi connectivity index (χ2v) is 5.83. The molecule has 1 aromatic rings. The monoisotopic (exact) mass is 278 g/mol. The van der Waals surface area contributed by atoms with E-state index in [1.807, 2.05) is 13.8 Å². The molecule has 1 aliphatic carbocycles. The third-order valence-electron chi connectivity index (χ3n) is 3.75. The van der Waals surface area contributed by atoms with Gasteiger partial charge in [-0.25, -0.2) is 4.98 Å². The minimum atomic E-state index is 0.0578. The smallest absolute Gasteiger partial charge is 0.242 e. The van der Waals surface area contributed by atoms with Crippen LogP contribution >= 0.6 is 0 Å². The predicted molar refractivity (Wildman–Crippen MR) is 81.9 cm³/mol. The summed E-state index contributed by atoms with van der Waals surface area (Å²) in [4.78, 5) is 8.26. The van der Waals surface area contributed by atoms with Gasteiger partial charge in [0.05, 0.1) is 6.10 Å². The van der Waals surface area contributed by atoms with Crippen molar-refractivity contribution in [3.63, 3.8) is 0 Å². The number of hydrogen-bond acceptors (Lipinski definition) is 5. The standard InChI is InChI=1S/C15H26N4O/c1-11(2)20-15-13(16)14(18-10-19-15)17-9-5-8-12-6-3-4-7-12/h10-12H,3-9,16H2,1-2H3,(H,17,18,19). The molecule has 5 heteroatoms. The Hall–Kier alpha value is -1.52. The summed E-state index contributed by atoms with van der Waals surface area (Å²) in [6, 6.07) is 0. The van der Waals surface area contributed by atoms with Crippen molar-refractivity contribution in [3.8, 4) is 5.88 Å². The quantitative estimate of drug-likeness (QED) is 0.749. The molecular weight excluding hydrogens is 252 g/mol. The van der Waals surface area contributed by atoms with Gasteiger partial charge in [-0.05, 0) is 32.6 Å². The lowest BCUT2D eigenvalue weighted by Gasteiger charge is -2.14. The van der Waals surface area contributed by atoms with Crippen LogP contribution in [0.5, 0.6) is 5.88 Å². The first-order valence-electron chi connectivity index (χ1n) is 7.68. The largest absolute Gasteiger partial charge is 0.473 e. The zero-order chi connectivity index (χ0) is 14.4. The third-order valence-corrected chi connectivity index (χ3v) is 3.75. The Labute approximate surface area is 121 Å². The number of aromatic nitrogens is 2. The van der Waals surface area contributed by atoms with E-state index in [0.717, 1.165) is 18.9 Å². The molecule has 1 aromatic heterocycles. The maximum absolute atomic E-state index is 6.02. The molecule has 0 aliphatic heterocycles. The fourth-order valence-electron chi connectivity index (χ4n) is 2.73. The Balaban J connectivity index is 1.79. The van der Waals surface area contributed by atoms with Crippen molar-refractivity contribution in [1.29, 1.82) is 0 Å². The molecule has 0 spiro atoms. The minimum Gasteiger partial charge on any atom is -0.473 e. The van der Waals surface area contributed by atoms with E-state index in [0.29, 0.717) is 17.4 Å². The van der Waals surface area contributed by atoms with Gasteiger partial charge in [0.1, 0.15) is 12.0 Å². The summed E-state index contributed by atoms with van der Waals surface area (Å²) in [6.07, 6.45) is 9.64. The summed E-state index contributed by atoms with van der Waals surface area (Å²) in [5, 5.41) is 3.29. The molecule has 1 saturated carbocycles. The fraction of sp³-hybridized carbons (Fsp3) is 0.733. The molecule has 0 radical (unpaired) electrons. The number of nitrogens with one attached hydrogen (secondary N) is 1. The van der Waals surface area contributed by atoms with E-state index in [9.17, 15) is 0 Å². The molecule has 1 fully saturated rings. The number of anilines is 2. The van der Waals surface area contributed by atoms with Crippen molar-refractivity contribution in [3.05, 3.63) is 6.33 Å². The summed E-state index contributed by atoms with van der Waals surface area (Å²) in [5.74, 6) is 2.08. The Morgan fingerprint density at radius 1 is 1.35 bits per heavy atom. The lowest BCUT2D eigenvalue weighted by atomic mass is 10.0. The number of hydrogen-bond donors (Lipinski definition) is 2. The van der Waals surface area contributed by atoms with Crippen LogP contribution in [0, 0.1) is 5.92 Å². The van der Waals surface area contributed by atoms with E-state index >= 15 is 0 Å². The van der Waals surface area contributed by atoms with Crippen molar-refractivity contribution in [2.45, 2.75) is 58.5 Å². The number of nitrogens with two attached hydrogens (primary N) is 1. The average molecular weight is 278 g/mol. The maximum Gasteiger partial charge on any atom is 0.242 e. The van der Waals surface area contributed by atoms with E-state index in [1.54, 1.807) is 0 Å². The Morgan fingerprint density at radius 3 is 2.80 bits per heavy atom. The first-order chi connectivity index (χ1) is 9.66. The van der Waals surface area contributed by atoms with E-state index in [2.05, 4.69) is 15.3 Å². The van der Waals surface area contributed by atoms with E-state index < -0.39 is 0 Å². The fourth-order valence-corrected chi connectivity index (χ4v) is 2.73. The van der Waals surface area contributed by atoms with Crippen LogP contribution in [0.3, 0.4) is 0 Å².